The summed E-state index contributed by atoms with van der Waals surface area (Å²) in [6.45, 7) is 4.78. The van der Waals surface area contributed by atoms with E-state index in [1.165, 1.54) is 4.31 Å². The molecule has 1 aliphatic rings. The van der Waals surface area contributed by atoms with Crippen LogP contribution >= 0.6 is 11.8 Å². The summed E-state index contributed by atoms with van der Waals surface area (Å²) in [5, 5.41) is 2.97. The number of hydrogen-bond donors (Lipinski definition) is 1. The minimum atomic E-state index is -3.80. The van der Waals surface area contributed by atoms with Gasteiger partial charge in [-0.25, -0.2) is 8.42 Å². The molecule has 1 atom stereocenters. The molecule has 1 heterocycles. The van der Waals surface area contributed by atoms with Gasteiger partial charge in [-0.05, 0) is 66.5 Å². The number of benzene rings is 2. The maximum Gasteiger partial charge on any atom is 0.244 e. The van der Waals surface area contributed by atoms with Crippen molar-refractivity contribution in [2.75, 3.05) is 18.1 Å². The first-order valence-corrected chi connectivity index (χ1v) is 13.0. The lowest BCUT2D eigenvalue weighted by Gasteiger charge is -2.35. The smallest absolute Gasteiger partial charge is 0.244 e. The fraction of sp³-hybridized carbons (Fsp3) is 0.435. The van der Waals surface area contributed by atoms with Gasteiger partial charge in [0.15, 0.2) is 0 Å². The Morgan fingerprint density at radius 2 is 1.90 bits per heavy atom. The van der Waals surface area contributed by atoms with Crippen LogP contribution in [0.4, 0.5) is 0 Å². The Hall–Kier alpha value is -1.83. The lowest BCUT2D eigenvalue weighted by molar-refractivity contribution is -0.125. The number of amides is 1. The second-order valence-electron chi connectivity index (χ2n) is 7.61. The number of sulfonamides is 1. The van der Waals surface area contributed by atoms with Crippen LogP contribution in [0.2, 0.25) is 0 Å². The van der Waals surface area contributed by atoms with Crippen LogP contribution in [0.25, 0.3) is 0 Å². The first-order chi connectivity index (χ1) is 14.4. The zero-order valence-electron chi connectivity index (χ0n) is 17.6. The highest BCUT2D eigenvalue weighted by Crippen LogP contribution is 2.29. The number of aryl methyl sites for hydroxylation is 1. The molecule has 1 aliphatic heterocycles. The Balaban J connectivity index is 1.80. The summed E-state index contributed by atoms with van der Waals surface area (Å²) >= 11 is 1.88. The number of nitrogens with one attached hydrogen (secondary N) is 1. The number of hydrogen-bond acceptors (Lipinski definition) is 4. The Labute approximate surface area is 184 Å². The third-order valence-corrected chi connectivity index (χ3v) is 8.34. The topological polar surface area (TPSA) is 66.5 Å². The predicted octanol–water partition coefficient (Wildman–Crippen LogP) is 3.76. The summed E-state index contributed by atoms with van der Waals surface area (Å²) in [6, 6.07) is 13.9. The Kier molecular flexibility index (Phi) is 7.97. The van der Waals surface area contributed by atoms with E-state index in [0.29, 0.717) is 13.0 Å². The van der Waals surface area contributed by atoms with Crippen molar-refractivity contribution >= 4 is 27.7 Å². The van der Waals surface area contributed by atoms with Crippen LogP contribution in [0.15, 0.2) is 53.4 Å². The van der Waals surface area contributed by atoms with Gasteiger partial charge in [0.05, 0.1) is 4.90 Å². The van der Waals surface area contributed by atoms with Crippen LogP contribution in [-0.2, 0) is 27.8 Å². The molecule has 0 saturated carbocycles. The predicted molar refractivity (Wildman–Crippen MR) is 123 cm³/mol. The molecule has 0 aliphatic carbocycles. The molecular weight excluding hydrogens is 416 g/mol. The molecule has 0 fully saturated rings. The van der Waals surface area contributed by atoms with Gasteiger partial charge >= 0.3 is 0 Å². The van der Waals surface area contributed by atoms with Gasteiger partial charge in [0.1, 0.15) is 6.04 Å². The van der Waals surface area contributed by atoms with Gasteiger partial charge in [0.2, 0.25) is 15.9 Å². The van der Waals surface area contributed by atoms with Crippen molar-refractivity contribution in [3.05, 3.63) is 65.2 Å². The standard InChI is InChI=1S/C23H30N2O3S2/c1-3-13-29-14-7-12-24-23(26)22-16-19-9-4-5-10-20(19)17-25(22)30(27,28)21-11-6-8-18(2)15-21/h4-6,8-11,15,22H,3,7,12-14,16-17H2,1-2H3,(H,24,26). The fourth-order valence-corrected chi connectivity index (χ4v) is 6.15. The number of carbonyl (C=O) groups is 1. The first kappa shape index (κ1) is 22.8. The number of thioether (sulfide) groups is 1. The number of rotatable bonds is 9. The summed E-state index contributed by atoms with van der Waals surface area (Å²) < 4.78 is 28.3. The second kappa shape index (κ2) is 10.5. The number of nitrogens with zero attached hydrogens (tertiary/aromatic N) is 1. The summed E-state index contributed by atoms with van der Waals surface area (Å²) in [5.74, 6) is 1.89. The van der Waals surface area contributed by atoms with E-state index >= 15 is 0 Å². The molecule has 1 amide bonds. The lowest BCUT2D eigenvalue weighted by atomic mass is 9.95. The molecule has 2 aromatic rings. The normalized spacial score (nSPS) is 16.8. The molecule has 3 rings (SSSR count). The van der Waals surface area contributed by atoms with Gasteiger partial charge in [0, 0.05) is 13.1 Å². The SMILES string of the molecule is CCCSCCCNC(=O)C1Cc2ccccc2CN1S(=O)(=O)c1cccc(C)c1. The van der Waals surface area contributed by atoms with E-state index in [1.807, 2.05) is 49.0 Å². The zero-order valence-corrected chi connectivity index (χ0v) is 19.3. The third-order valence-electron chi connectivity index (χ3n) is 5.22. The average Bonchev–Trinajstić information content (AvgIpc) is 2.75. The highest BCUT2D eigenvalue weighted by atomic mass is 32.2. The largest absolute Gasteiger partial charge is 0.355 e. The Morgan fingerprint density at radius 3 is 2.63 bits per heavy atom. The van der Waals surface area contributed by atoms with Gasteiger partial charge < -0.3 is 5.32 Å². The van der Waals surface area contributed by atoms with Gasteiger partial charge in [-0.3, -0.25) is 4.79 Å². The summed E-state index contributed by atoms with van der Waals surface area (Å²) in [6.07, 6.45) is 2.41. The fourth-order valence-electron chi connectivity index (χ4n) is 3.64. The molecule has 0 bridgehead atoms. The molecule has 30 heavy (non-hydrogen) atoms. The lowest BCUT2D eigenvalue weighted by Crippen LogP contribution is -2.52. The molecule has 0 saturated heterocycles. The molecule has 2 aromatic carbocycles. The van der Waals surface area contributed by atoms with Crippen molar-refractivity contribution < 1.29 is 13.2 Å². The molecular formula is C23H30N2O3S2. The van der Waals surface area contributed by atoms with Crippen LogP contribution in [0, 0.1) is 6.92 Å². The molecule has 0 spiro atoms. The zero-order chi connectivity index (χ0) is 21.6. The van der Waals surface area contributed by atoms with Crippen LogP contribution < -0.4 is 5.32 Å². The molecule has 7 heteroatoms. The van der Waals surface area contributed by atoms with E-state index in [0.717, 1.165) is 41.0 Å². The molecule has 162 valence electrons. The minimum Gasteiger partial charge on any atom is -0.355 e. The monoisotopic (exact) mass is 446 g/mol. The molecule has 5 nitrogen and oxygen atoms in total. The van der Waals surface area contributed by atoms with Crippen molar-refractivity contribution in [2.24, 2.45) is 0 Å². The second-order valence-corrected chi connectivity index (χ2v) is 10.7. The van der Waals surface area contributed by atoms with Crippen molar-refractivity contribution in [3.8, 4) is 0 Å². The summed E-state index contributed by atoms with van der Waals surface area (Å²) in [7, 11) is -3.80. The van der Waals surface area contributed by atoms with E-state index < -0.39 is 16.1 Å². The van der Waals surface area contributed by atoms with Crippen molar-refractivity contribution in [3.63, 3.8) is 0 Å². The average molecular weight is 447 g/mol. The first-order valence-electron chi connectivity index (χ1n) is 10.4. The van der Waals surface area contributed by atoms with Crippen molar-refractivity contribution in [1.29, 1.82) is 0 Å². The quantitative estimate of drug-likeness (QED) is 0.596. The van der Waals surface area contributed by atoms with Gasteiger partial charge in [-0.15, -0.1) is 0 Å². The van der Waals surface area contributed by atoms with Crippen molar-refractivity contribution in [1.82, 2.24) is 9.62 Å². The Bertz CT molecular complexity index is 976. The summed E-state index contributed by atoms with van der Waals surface area (Å²) in [4.78, 5) is 13.3. The maximum absolute atomic E-state index is 13.5. The van der Waals surface area contributed by atoms with Crippen LogP contribution in [-0.4, -0.2) is 42.7 Å². The van der Waals surface area contributed by atoms with E-state index in [9.17, 15) is 13.2 Å². The van der Waals surface area contributed by atoms with E-state index in [1.54, 1.807) is 18.2 Å². The van der Waals surface area contributed by atoms with E-state index in [-0.39, 0.29) is 17.3 Å². The van der Waals surface area contributed by atoms with Gasteiger partial charge in [-0.1, -0.05) is 43.3 Å². The molecule has 1 unspecified atom stereocenters. The molecule has 0 radical (unpaired) electrons. The minimum absolute atomic E-state index is 0.205. The number of carbonyl (C=O) groups excluding carboxylic acids is 1. The van der Waals surface area contributed by atoms with E-state index in [4.69, 9.17) is 0 Å². The third kappa shape index (κ3) is 5.45. The maximum atomic E-state index is 13.5. The van der Waals surface area contributed by atoms with Crippen LogP contribution in [0.1, 0.15) is 36.5 Å². The van der Waals surface area contributed by atoms with Gasteiger partial charge in [-0.2, -0.15) is 16.1 Å². The Morgan fingerprint density at radius 1 is 1.13 bits per heavy atom. The molecule has 0 aromatic heterocycles. The molecule has 1 N–H and O–H groups in total. The summed E-state index contributed by atoms with van der Waals surface area (Å²) in [5.41, 5.74) is 2.86. The van der Waals surface area contributed by atoms with Crippen LogP contribution in [0.3, 0.4) is 0 Å². The van der Waals surface area contributed by atoms with E-state index in [2.05, 4.69) is 12.2 Å². The number of fused-ring (bicyclic) bond motifs is 1. The van der Waals surface area contributed by atoms with Gasteiger partial charge in [0.25, 0.3) is 0 Å². The van der Waals surface area contributed by atoms with Crippen molar-refractivity contribution in [2.45, 2.75) is 50.6 Å². The highest BCUT2D eigenvalue weighted by Gasteiger charge is 2.39. The highest BCUT2D eigenvalue weighted by molar-refractivity contribution is 7.99. The van der Waals surface area contributed by atoms with Crippen LogP contribution in [0.5, 0.6) is 0 Å².